The normalized spacial score (nSPS) is 14.1. The van der Waals surface area contributed by atoms with Crippen molar-refractivity contribution in [3.8, 4) is 0 Å². The fourth-order valence-electron chi connectivity index (χ4n) is 1.86. The van der Waals surface area contributed by atoms with Crippen molar-refractivity contribution in [2.75, 3.05) is 31.6 Å². The molecule has 0 unspecified atom stereocenters. The molecular formula is C15H23N3O2. The Kier molecular flexibility index (Phi) is 5.80. The van der Waals surface area contributed by atoms with Crippen molar-refractivity contribution in [3.05, 3.63) is 24.0 Å². The van der Waals surface area contributed by atoms with E-state index in [0.29, 0.717) is 18.7 Å². The highest BCUT2D eigenvalue weighted by molar-refractivity contribution is 5.99. The van der Waals surface area contributed by atoms with Crippen molar-refractivity contribution in [1.29, 1.82) is 0 Å². The third-order valence-electron chi connectivity index (χ3n) is 3.21. The predicted octanol–water partition coefficient (Wildman–Crippen LogP) is 2.06. The summed E-state index contributed by atoms with van der Waals surface area (Å²) in [4.78, 5) is 16.2. The van der Waals surface area contributed by atoms with Crippen LogP contribution in [0.15, 0.2) is 18.5 Å². The third-order valence-corrected chi connectivity index (χ3v) is 3.21. The van der Waals surface area contributed by atoms with E-state index >= 15 is 0 Å². The molecule has 0 radical (unpaired) electrons. The molecular weight excluding hydrogens is 254 g/mol. The lowest BCUT2D eigenvalue weighted by atomic mass is 10.2. The number of aromatic nitrogens is 1. The molecule has 5 nitrogen and oxygen atoms in total. The molecule has 5 heteroatoms. The van der Waals surface area contributed by atoms with Crippen molar-refractivity contribution >= 4 is 11.6 Å². The second-order valence-corrected chi connectivity index (χ2v) is 5.12. The molecule has 2 rings (SSSR count). The van der Waals surface area contributed by atoms with Crippen LogP contribution in [0.25, 0.3) is 0 Å². The summed E-state index contributed by atoms with van der Waals surface area (Å²) < 4.78 is 5.50. The molecule has 0 bridgehead atoms. The molecule has 1 amide bonds. The average molecular weight is 277 g/mol. The average Bonchev–Trinajstić information content (AvgIpc) is 3.29. The number of pyridine rings is 1. The van der Waals surface area contributed by atoms with E-state index in [2.05, 4.69) is 22.5 Å². The SMILES string of the molecule is CCCNc1cnccc1C(=O)NCCOCC1CC1. The Morgan fingerprint density at radius 3 is 3.05 bits per heavy atom. The van der Waals surface area contributed by atoms with Gasteiger partial charge in [-0.1, -0.05) is 6.92 Å². The molecule has 0 aromatic carbocycles. The molecule has 1 aliphatic carbocycles. The molecule has 1 aromatic rings. The molecule has 110 valence electrons. The number of carbonyl (C=O) groups excluding carboxylic acids is 1. The zero-order chi connectivity index (χ0) is 14.2. The fraction of sp³-hybridized carbons (Fsp3) is 0.600. The van der Waals surface area contributed by atoms with Crippen LogP contribution < -0.4 is 10.6 Å². The molecule has 1 aliphatic rings. The minimum Gasteiger partial charge on any atom is -0.383 e. The van der Waals surface area contributed by atoms with Gasteiger partial charge >= 0.3 is 0 Å². The summed E-state index contributed by atoms with van der Waals surface area (Å²) in [7, 11) is 0. The lowest BCUT2D eigenvalue weighted by Crippen LogP contribution is -2.28. The van der Waals surface area contributed by atoms with Crippen LogP contribution in [-0.2, 0) is 4.74 Å². The van der Waals surface area contributed by atoms with Gasteiger partial charge in [-0.3, -0.25) is 9.78 Å². The third kappa shape index (κ3) is 4.81. The minimum atomic E-state index is -0.0824. The van der Waals surface area contributed by atoms with Crippen LogP contribution in [-0.4, -0.2) is 37.2 Å². The van der Waals surface area contributed by atoms with E-state index in [0.717, 1.165) is 31.2 Å². The van der Waals surface area contributed by atoms with Crippen LogP contribution in [0.4, 0.5) is 5.69 Å². The maximum Gasteiger partial charge on any atom is 0.253 e. The number of hydrogen-bond donors (Lipinski definition) is 2. The summed E-state index contributed by atoms with van der Waals surface area (Å²) >= 11 is 0. The number of ether oxygens (including phenoxy) is 1. The van der Waals surface area contributed by atoms with Crippen LogP contribution in [0, 0.1) is 5.92 Å². The van der Waals surface area contributed by atoms with Crippen molar-refractivity contribution in [3.63, 3.8) is 0 Å². The van der Waals surface area contributed by atoms with E-state index in [4.69, 9.17) is 4.74 Å². The van der Waals surface area contributed by atoms with Crippen molar-refractivity contribution in [1.82, 2.24) is 10.3 Å². The van der Waals surface area contributed by atoms with Crippen LogP contribution in [0.5, 0.6) is 0 Å². The van der Waals surface area contributed by atoms with Crippen molar-refractivity contribution in [2.45, 2.75) is 26.2 Å². The van der Waals surface area contributed by atoms with Gasteiger partial charge in [0.05, 0.1) is 24.1 Å². The first-order valence-corrected chi connectivity index (χ1v) is 7.35. The monoisotopic (exact) mass is 277 g/mol. The van der Waals surface area contributed by atoms with Gasteiger partial charge < -0.3 is 15.4 Å². The van der Waals surface area contributed by atoms with E-state index < -0.39 is 0 Å². The number of anilines is 1. The lowest BCUT2D eigenvalue weighted by molar-refractivity contribution is 0.0907. The van der Waals surface area contributed by atoms with Gasteiger partial charge in [-0.05, 0) is 31.2 Å². The van der Waals surface area contributed by atoms with Crippen LogP contribution in [0.3, 0.4) is 0 Å². The first-order chi connectivity index (χ1) is 9.81. The quantitative estimate of drug-likeness (QED) is 0.678. The van der Waals surface area contributed by atoms with E-state index in [-0.39, 0.29) is 5.91 Å². The first-order valence-electron chi connectivity index (χ1n) is 7.35. The Morgan fingerprint density at radius 1 is 1.45 bits per heavy atom. The summed E-state index contributed by atoms with van der Waals surface area (Å²) in [5.41, 5.74) is 1.42. The van der Waals surface area contributed by atoms with Crippen LogP contribution >= 0.6 is 0 Å². The Bertz CT molecular complexity index is 433. The lowest BCUT2D eigenvalue weighted by Gasteiger charge is -2.11. The Morgan fingerprint density at radius 2 is 2.30 bits per heavy atom. The summed E-state index contributed by atoms with van der Waals surface area (Å²) in [6.45, 7) is 4.86. The Labute approximate surface area is 120 Å². The number of nitrogens with zero attached hydrogens (tertiary/aromatic N) is 1. The van der Waals surface area contributed by atoms with Crippen LogP contribution in [0.2, 0.25) is 0 Å². The van der Waals surface area contributed by atoms with Gasteiger partial charge in [0, 0.05) is 25.9 Å². The fourth-order valence-corrected chi connectivity index (χ4v) is 1.86. The molecule has 2 N–H and O–H groups in total. The maximum absolute atomic E-state index is 12.1. The van der Waals surface area contributed by atoms with Crippen molar-refractivity contribution in [2.24, 2.45) is 5.92 Å². The van der Waals surface area contributed by atoms with Gasteiger partial charge in [0.2, 0.25) is 0 Å². The van der Waals surface area contributed by atoms with E-state index in [1.807, 2.05) is 0 Å². The topological polar surface area (TPSA) is 63.2 Å². The van der Waals surface area contributed by atoms with Gasteiger partial charge in [0.1, 0.15) is 0 Å². The molecule has 0 atom stereocenters. The molecule has 0 spiro atoms. The zero-order valence-electron chi connectivity index (χ0n) is 12.0. The Hall–Kier alpha value is -1.62. The van der Waals surface area contributed by atoms with Gasteiger partial charge in [-0.15, -0.1) is 0 Å². The van der Waals surface area contributed by atoms with Crippen molar-refractivity contribution < 1.29 is 9.53 Å². The highest BCUT2D eigenvalue weighted by atomic mass is 16.5. The number of nitrogens with one attached hydrogen (secondary N) is 2. The summed E-state index contributed by atoms with van der Waals surface area (Å²) in [5, 5.41) is 6.09. The molecule has 1 aromatic heterocycles. The highest BCUT2D eigenvalue weighted by Gasteiger charge is 2.20. The number of carbonyl (C=O) groups is 1. The summed E-state index contributed by atoms with van der Waals surface area (Å²) in [6, 6.07) is 1.73. The second-order valence-electron chi connectivity index (χ2n) is 5.12. The molecule has 1 saturated carbocycles. The number of amides is 1. The number of rotatable bonds is 9. The second kappa shape index (κ2) is 7.85. The highest BCUT2D eigenvalue weighted by Crippen LogP contribution is 2.28. The minimum absolute atomic E-state index is 0.0824. The molecule has 20 heavy (non-hydrogen) atoms. The predicted molar refractivity (Wildman–Crippen MR) is 78.9 cm³/mol. The molecule has 1 fully saturated rings. The van der Waals surface area contributed by atoms with Gasteiger partial charge in [0.25, 0.3) is 5.91 Å². The number of hydrogen-bond acceptors (Lipinski definition) is 4. The smallest absolute Gasteiger partial charge is 0.253 e. The molecule has 1 heterocycles. The summed E-state index contributed by atoms with van der Waals surface area (Å²) in [5.74, 6) is 0.678. The van der Waals surface area contributed by atoms with Gasteiger partial charge in [-0.25, -0.2) is 0 Å². The molecule has 0 aliphatic heterocycles. The first kappa shape index (κ1) is 14.8. The van der Waals surface area contributed by atoms with E-state index in [9.17, 15) is 4.79 Å². The Balaban J connectivity index is 1.75. The van der Waals surface area contributed by atoms with E-state index in [1.54, 1.807) is 18.5 Å². The molecule has 0 saturated heterocycles. The maximum atomic E-state index is 12.1. The summed E-state index contributed by atoms with van der Waals surface area (Å²) in [6.07, 6.45) is 6.90. The van der Waals surface area contributed by atoms with Gasteiger partial charge in [0.15, 0.2) is 0 Å². The van der Waals surface area contributed by atoms with Gasteiger partial charge in [-0.2, -0.15) is 0 Å². The zero-order valence-corrected chi connectivity index (χ0v) is 12.0. The standard InChI is InChI=1S/C15H23N3O2/c1-2-6-17-14-10-16-7-5-13(14)15(19)18-8-9-20-11-12-3-4-12/h5,7,10,12,17H,2-4,6,8-9,11H2,1H3,(H,18,19). The largest absolute Gasteiger partial charge is 0.383 e. The van der Waals surface area contributed by atoms with E-state index in [1.165, 1.54) is 12.8 Å². The van der Waals surface area contributed by atoms with Crippen LogP contribution in [0.1, 0.15) is 36.5 Å².